The fraction of sp³-hybridized carbons (Fsp3) is 0.148. The number of rotatable bonds is 10. The summed E-state index contributed by atoms with van der Waals surface area (Å²) >= 11 is 0. The first-order chi connectivity index (χ1) is 30.0. The maximum atomic E-state index is 4.02. The molecule has 8 rings (SSSR count). The van der Waals surface area contributed by atoms with Gasteiger partial charge in [0.25, 0.3) is 0 Å². The molecule has 0 bridgehead atoms. The quantitative estimate of drug-likeness (QED) is 0.0957. The average Bonchev–Trinajstić information content (AvgIpc) is 3.33. The van der Waals surface area contributed by atoms with Crippen LogP contribution in [-0.4, -0.2) is 0 Å². The zero-order valence-corrected chi connectivity index (χ0v) is 36.8. The first kappa shape index (κ1) is 43.8. The first-order valence-corrected chi connectivity index (χ1v) is 21.9. The van der Waals surface area contributed by atoms with E-state index in [1.54, 1.807) is 6.08 Å². The van der Waals surface area contributed by atoms with Crippen LogP contribution in [0.3, 0.4) is 0 Å². The standard InChI is InChI=1S/C54H46.C5H8.C2H6/c1-5-9-18-38(8-4)40-29-33-42(34-30-40)44-20-11-13-22-46(44)52-36-54-49-25-16-14-23-47(49)51(35-53(54)50-26-17-15-24-48(50)52)45-21-12-10-19-43(45)41-31-27-39(28-32-41)37(6-2)7-3;1-3-5-4-2;1-2/h5-9,11,13-16,18-25,27-36H,1-2,10,12,17,26H2,3-4H3;3-5H,1H2,2H3;1-2H3/b18-9-,37-7+,38-8+;5-4-;. The van der Waals surface area contributed by atoms with E-state index < -0.39 is 0 Å². The molecule has 0 amide bonds. The average molecular weight is 793 g/mol. The number of benzene rings is 6. The summed E-state index contributed by atoms with van der Waals surface area (Å²) in [6, 6.07) is 41.0. The van der Waals surface area contributed by atoms with E-state index in [9.17, 15) is 0 Å². The Morgan fingerprint density at radius 2 is 1.11 bits per heavy atom. The smallest absolute Gasteiger partial charge is 0.00956 e. The molecular formula is C61H60. The summed E-state index contributed by atoms with van der Waals surface area (Å²) in [6.07, 6.45) is 31.5. The first-order valence-electron chi connectivity index (χ1n) is 21.9. The lowest BCUT2D eigenvalue weighted by Crippen LogP contribution is -2.02. The molecule has 6 aromatic rings. The van der Waals surface area contributed by atoms with Crippen molar-refractivity contribution < 1.29 is 0 Å². The maximum absolute atomic E-state index is 4.02. The minimum Gasteiger partial charge on any atom is -0.0991 e. The topological polar surface area (TPSA) is 0 Å². The summed E-state index contributed by atoms with van der Waals surface area (Å²) < 4.78 is 0. The largest absolute Gasteiger partial charge is 0.0991 e. The molecule has 2 aliphatic carbocycles. The van der Waals surface area contributed by atoms with Gasteiger partial charge in [0.1, 0.15) is 0 Å². The maximum Gasteiger partial charge on any atom is -0.00956 e. The molecular weight excluding hydrogens is 733 g/mol. The van der Waals surface area contributed by atoms with Gasteiger partial charge in [0.15, 0.2) is 0 Å². The van der Waals surface area contributed by atoms with Gasteiger partial charge in [-0.25, -0.2) is 0 Å². The summed E-state index contributed by atoms with van der Waals surface area (Å²) in [5.74, 6) is 0. The van der Waals surface area contributed by atoms with Crippen LogP contribution in [0.4, 0.5) is 0 Å². The van der Waals surface area contributed by atoms with E-state index in [0.29, 0.717) is 0 Å². The molecule has 0 aromatic heterocycles. The number of allylic oxidation sites excluding steroid dienone is 16. The predicted octanol–water partition coefficient (Wildman–Crippen LogP) is 18.1. The number of hydrogen-bond donors (Lipinski definition) is 0. The molecule has 0 heterocycles. The summed E-state index contributed by atoms with van der Waals surface area (Å²) in [5.41, 5.74) is 17.8. The molecule has 2 aliphatic rings. The highest BCUT2D eigenvalue weighted by molar-refractivity contribution is 6.19. The second-order valence-corrected chi connectivity index (χ2v) is 14.9. The van der Waals surface area contributed by atoms with Gasteiger partial charge in [-0.05, 0) is 158 Å². The van der Waals surface area contributed by atoms with E-state index >= 15 is 0 Å². The second kappa shape index (κ2) is 21.5. The van der Waals surface area contributed by atoms with Crippen LogP contribution in [0.1, 0.15) is 87.3 Å². The van der Waals surface area contributed by atoms with Gasteiger partial charge >= 0.3 is 0 Å². The van der Waals surface area contributed by atoms with E-state index in [1.165, 1.54) is 93.9 Å². The zero-order chi connectivity index (χ0) is 43.1. The van der Waals surface area contributed by atoms with Crippen LogP contribution in [-0.2, 0) is 6.42 Å². The van der Waals surface area contributed by atoms with Crippen molar-refractivity contribution in [2.45, 2.75) is 60.3 Å². The van der Waals surface area contributed by atoms with Crippen LogP contribution < -0.4 is 0 Å². The Morgan fingerprint density at radius 1 is 0.525 bits per heavy atom. The highest BCUT2D eigenvalue weighted by atomic mass is 14.3. The minimum atomic E-state index is 1.02. The number of fused-ring (bicyclic) bond motifs is 5. The van der Waals surface area contributed by atoms with Gasteiger partial charge in [0.2, 0.25) is 0 Å². The van der Waals surface area contributed by atoms with Crippen LogP contribution in [0.5, 0.6) is 0 Å². The summed E-state index contributed by atoms with van der Waals surface area (Å²) in [4.78, 5) is 0. The molecule has 0 saturated heterocycles. The molecule has 0 radical (unpaired) electrons. The monoisotopic (exact) mass is 792 g/mol. The van der Waals surface area contributed by atoms with Crippen molar-refractivity contribution in [3.05, 3.63) is 235 Å². The van der Waals surface area contributed by atoms with E-state index in [2.05, 4.69) is 185 Å². The molecule has 304 valence electrons. The highest BCUT2D eigenvalue weighted by Gasteiger charge is 2.22. The summed E-state index contributed by atoms with van der Waals surface area (Å²) in [5, 5.41) is 5.30. The van der Waals surface area contributed by atoms with E-state index in [1.807, 2.05) is 51.2 Å². The predicted molar refractivity (Wildman–Crippen MR) is 275 cm³/mol. The summed E-state index contributed by atoms with van der Waals surface area (Å²) in [7, 11) is 0. The Labute approximate surface area is 366 Å². The Hall–Kier alpha value is -6.76. The van der Waals surface area contributed by atoms with Gasteiger partial charge < -0.3 is 0 Å². The molecule has 61 heavy (non-hydrogen) atoms. The molecule has 0 atom stereocenters. The fourth-order valence-corrected chi connectivity index (χ4v) is 8.59. The van der Waals surface area contributed by atoms with Gasteiger partial charge in [-0.2, -0.15) is 0 Å². The van der Waals surface area contributed by atoms with Crippen molar-refractivity contribution in [3.63, 3.8) is 0 Å². The van der Waals surface area contributed by atoms with Crippen LogP contribution in [0.15, 0.2) is 202 Å². The third kappa shape index (κ3) is 9.51. The Balaban J connectivity index is 0.000000830. The van der Waals surface area contributed by atoms with E-state index in [4.69, 9.17) is 0 Å². The molecule has 0 fully saturated rings. The fourth-order valence-electron chi connectivity index (χ4n) is 8.59. The van der Waals surface area contributed by atoms with Crippen molar-refractivity contribution >= 4 is 49.9 Å². The van der Waals surface area contributed by atoms with Crippen LogP contribution in [0, 0.1) is 0 Å². The van der Waals surface area contributed by atoms with Crippen LogP contribution >= 0.6 is 0 Å². The van der Waals surface area contributed by atoms with Gasteiger partial charge in [0.05, 0.1) is 0 Å². The van der Waals surface area contributed by atoms with Crippen molar-refractivity contribution in [3.8, 4) is 22.3 Å². The van der Waals surface area contributed by atoms with E-state index in [-0.39, 0.29) is 0 Å². The van der Waals surface area contributed by atoms with Crippen LogP contribution in [0.25, 0.3) is 72.2 Å². The van der Waals surface area contributed by atoms with Crippen molar-refractivity contribution in [2.24, 2.45) is 0 Å². The minimum absolute atomic E-state index is 1.02. The third-order valence-corrected chi connectivity index (χ3v) is 11.5. The normalized spacial score (nSPS) is 13.8. The molecule has 0 N–H and O–H groups in total. The molecule has 0 nitrogen and oxygen atoms in total. The van der Waals surface area contributed by atoms with Crippen LogP contribution in [0.2, 0.25) is 0 Å². The molecule has 0 unspecified atom stereocenters. The van der Waals surface area contributed by atoms with E-state index in [0.717, 1.165) is 31.3 Å². The molecule has 0 spiro atoms. The van der Waals surface area contributed by atoms with Crippen molar-refractivity contribution in [2.75, 3.05) is 0 Å². The lowest BCUT2D eigenvalue weighted by atomic mass is 9.79. The highest BCUT2D eigenvalue weighted by Crippen LogP contribution is 2.46. The Bertz CT molecular complexity index is 2740. The zero-order valence-electron chi connectivity index (χ0n) is 36.8. The van der Waals surface area contributed by atoms with Crippen molar-refractivity contribution in [1.82, 2.24) is 0 Å². The SMILES string of the molecule is C=C/C=C\C.C=C/C=C\C(=C/C)c1ccc(-c2ccccc2-c2cc3c(cc(C4=CCCC=C4c4ccc(/C(C=C)=C/C)cc4)c4ccccc43)c3c2C=CCC3)cc1.CC. The Morgan fingerprint density at radius 3 is 1.74 bits per heavy atom. The van der Waals surface area contributed by atoms with Gasteiger partial charge in [-0.15, -0.1) is 0 Å². The Kier molecular flexibility index (Phi) is 15.4. The molecule has 0 heteroatoms. The van der Waals surface area contributed by atoms with Gasteiger partial charge in [0, 0.05) is 0 Å². The molecule has 0 saturated carbocycles. The third-order valence-electron chi connectivity index (χ3n) is 11.5. The lowest BCUT2D eigenvalue weighted by molar-refractivity contribution is 0.998. The molecule has 0 aliphatic heterocycles. The number of hydrogen-bond acceptors (Lipinski definition) is 0. The van der Waals surface area contributed by atoms with Gasteiger partial charge in [-0.1, -0.05) is 210 Å². The molecule has 6 aromatic carbocycles. The lowest BCUT2D eigenvalue weighted by Gasteiger charge is -2.24. The van der Waals surface area contributed by atoms with Gasteiger partial charge in [-0.3, -0.25) is 0 Å². The van der Waals surface area contributed by atoms with Crippen molar-refractivity contribution in [1.29, 1.82) is 0 Å². The second-order valence-electron chi connectivity index (χ2n) is 14.9. The summed E-state index contributed by atoms with van der Waals surface area (Å²) in [6.45, 7) is 21.4. The number of aryl methyl sites for hydroxylation is 1.